The van der Waals surface area contributed by atoms with E-state index in [1.165, 1.54) is 0 Å². The zero-order valence-corrected chi connectivity index (χ0v) is 15.6. The largest absolute Gasteiger partial charge is 0.351 e. The molecule has 0 spiro atoms. The number of aromatic nitrogens is 1. The smallest absolute Gasteiger partial charge is 0.292 e. The van der Waals surface area contributed by atoms with Crippen LogP contribution < -0.4 is 0 Å². The maximum atomic E-state index is 12.9. The molecule has 0 aromatic carbocycles. The molecule has 2 aliphatic carbocycles. The van der Waals surface area contributed by atoms with E-state index in [0.29, 0.717) is 37.2 Å². The van der Waals surface area contributed by atoms with Gasteiger partial charge < -0.3 is 14.3 Å². The van der Waals surface area contributed by atoms with E-state index in [4.69, 9.17) is 4.52 Å². The predicted octanol–water partition coefficient (Wildman–Crippen LogP) is 2.68. The number of allylic oxidation sites excluding steroid dienone is 2. The molecule has 140 valence electrons. The Kier molecular flexibility index (Phi) is 4.59. The Hall–Kier alpha value is -2.11. The molecule has 3 atom stereocenters. The van der Waals surface area contributed by atoms with Crippen LogP contribution in [0.2, 0.25) is 0 Å². The van der Waals surface area contributed by atoms with Gasteiger partial charge in [-0.25, -0.2) is 0 Å². The second kappa shape index (κ2) is 6.89. The van der Waals surface area contributed by atoms with Crippen molar-refractivity contribution < 1.29 is 14.1 Å². The Balaban J connectivity index is 1.37. The quantitative estimate of drug-likeness (QED) is 0.780. The summed E-state index contributed by atoms with van der Waals surface area (Å²) in [6, 6.07) is 1.74. The minimum Gasteiger partial charge on any atom is -0.351 e. The summed E-state index contributed by atoms with van der Waals surface area (Å²) in [5.41, 5.74) is 0.796. The Morgan fingerprint density at radius 1 is 1.12 bits per heavy atom. The van der Waals surface area contributed by atoms with E-state index in [9.17, 15) is 9.59 Å². The molecular weight excluding hydrogens is 330 g/mol. The van der Waals surface area contributed by atoms with Crippen molar-refractivity contribution in [2.75, 3.05) is 26.2 Å². The van der Waals surface area contributed by atoms with E-state index >= 15 is 0 Å². The number of hydrogen-bond donors (Lipinski definition) is 0. The van der Waals surface area contributed by atoms with Crippen molar-refractivity contribution in [3.63, 3.8) is 0 Å². The van der Waals surface area contributed by atoms with E-state index in [-0.39, 0.29) is 23.7 Å². The Morgan fingerprint density at radius 2 is 1.88 bits per heavy atom. The summed E-state index contributed by atoms with van der Waals surface area (Å²) in [7, 11) is 0. The number of carbonyl (C=O) groups excluding carboxylic acids is 2. The van der Waals surface area contributed by atoms with Gasteiger partial charge in [-0.15, -0.1) is 0 Å². The van der Waals surface area contributed by atoms with Gasteiger partial charge in [0, 0.05) is 38.2 Å². The van der Waals surface area contributed by atoms with Crippen LogP contribution >= 0.6 is 0 Å². The molecular formula is C20H27N3O3. The van der Waals surface area contributed by atoms with Crippen LogP contribution in [0.5, 0.6) is 0 Å². The minimum atomic E-state index is -0.124. The van der Waals surface area contributed by atoms with Gasteiger partial charge in [-0.2, -0.15) is 0 Å². The molecule has 0 unspecified atom stereocenters. The Morgan fingerprint density at radius 3 is 2.54 bits per heavy atom. The van der Waals surface area contributed by atoms with Crippen molar-refractivity contribution in [3.05, 3.63) is 29.7 Å². The van der Waals surface area contributed by atoms with Gasteiger partial charge in [-0.1, -0.05) is 31.2 Å². The van der Waals surface area contributed by atoms with Crippen LogP contribution in [0.4, 0.5) is 0 Å². The molecule has 4 rings (SSSR count). The molecule has 6 nitrogen and oxygen atoms in total. The highest BCUT2D eigenvalue weighted by molar-refractivity contribution is 5.91. The minimum absolute atomic E-state index is 0.124. The van der Waals surface area contributed by atoms with Crippen LogP contribution in [0.3, 0.4) is 0 Å². The van der Waals surface area contributed by atoms with E-state index in [2.05, 4.69) is 17.3 Å². The molecule has 2 amide bonds. The molecule has 2 fully saturated rings. The summed E-state index contributed by atoms with van der Waals surface area (Å²) in [6.45, 7) is 6.58. The lowest BCUT2D eigenvalue weighted by atomic mass is 9.92. The van der Waals surface area contributed by atoms with Gasteiger partial charge in [0.05, 0.1) is 5.69 Å². The van der Waals surface area contributed by atoms with Crippen molar-refractivity contribution in [1.82, 2.24) is 15.0 Å². The summed E-state index contributed by atoms with van der Waals surface area (Å²) in [5, 5.41) is 3.98. The van der Waals surface area contributed by atoms with Crippen LogP contribution in [0, 0.1) is 17.8 Å². The Labute approximate surface area is 154 Å². The van der Waals surface area contributed by atoms with Gasteiger partial charge in [0.15, 0.2) is 0 Å². The fourth-order valence-corrected chi connectivity index (χ4v) is 4.46. The zero-order chi connectivity index (χ0) is 18.3. The molecule has 0 radical (unpaired) electrons. The highest BCUT2D eigenvalue weighted by atomic mass is 16.5. The third-order valence-electron chi connectivity index (χ3n) is 6.02. The lowest BCUT2D eigenvalue weighted by Gasteiger charge is -2.27. The lowest BCUT2D eigenvalue weighted by Crippen LogP contribution is -2.41. The standard InChI is InChI=1S/C20H27N3O3/c1-13(2)17-12-18(26-21-17)20(25)23-7-3-6-22(8-9-23)19(24)16-11-14-4-5-15(16)10-14/h4-5,12-16H,3,6-11H2,1-2H3/t14-,15+,16-/m1/s1. The fourth-order valence-electron chi connectivity index (χ4n) is 4.46. The van der Waals surface area contributed by atoms with Gasteiger partial charge in [0.25, 0.3) is 5.91 Å². The van der Waals surface area contributed by atoms with Crippen molar-refractivity contribution in [2.45, 2.75) is 39.0 Å². The number of hydrogen-bond acceptors (Lipinski definition) is 4. The van der Waals surface area contributed by atoms with Gasteiger partial charge in [-0.3, -0.25) is 9.59 Å². The molecule has 2 heterocycles. The van der Waals surface area contributed by atoms with Crippen molar-refractivity contribution >= 4 is 11.8 Å². The molecule has 1 aromatic heterocycles. The fraction of sp³-hybridized carbons (Fsp3) is 0.650. The number of rotatable bonds is 3. The van der Waals surface area contributed by atoms with Crippen molar-refractivity contribution in [1.29, 1.82) is 0 Å². The zero-order valence-electron chi connectivity index (χ0n) is 15.6. The number of nitrogens with zero attached hydrogens (tertiary/aromatic N) is 3. The third-order valence-corrected chi connectivity index (χ3v) is 6.02. The first-order valence-corrected chi connectivity index (χ1v) is 9.76. The second-order valence-electron chi connectivity index (χ2n) is 8.13. The molecule has 2 bridgehead atoms. The molecule has 1 saturated carbocycles. The summed E-state index contributed by atoms with van der Waals surface area (Å²) in [5.74, 6) is 1.85. The normalized spacial score (nSPS) is 28.0. The Bertz CT molecular complexity index is 724. The van der Waals surface area contributed by atoms with E-state index in [0.717, 1.165) is 31.5 Å². The maximum Gasteiger partial charge on any atom is 0.292 e. The highest BCUT2D eigenvalue weighted by Crippen LogP contribution is 2.44. The van der Waals surface area contributed by atoms with Crippen molar-refractivity contribution in [2.24, 2.45) is 17.8 Å². The number of amides is 2. The maximum absolute atomic E-state index is 12.9. The lowest BCUT2D eigenvalue weighted by molar-refractivity contribution is -0.136. The van der Waals surface area contributed by atoms with Gasteiger partial charge in [0.1, 0.15) is 0 Å². The van der Waals surface area contributed by atoms with Crippen LogP contribution in [0.25, 0.3) is 0 Å². The van der Waals surface area contributed by atoms with Gasteiger partial charge >= 0.3 is 0 Å². The van der Waals surface area contributed by atoms with Crippen LogP contribution in [0.1, 0.15) is 55.3 Å². The molecule has 0 N–H and O–H groups in total. The monoisotopic (exact) mass is 357 g/mol. The average Bonchev–Trinajstić information content (AvgIpc) is 3.34. The number of carbonyl (C=O) groups is 2. The highest BCUT2D eigenvalue weighted by Gasteiger charge is 2.41. The molecule has 3 aliphatic rings. The summed E-state index contributed by atoms with van der Waals surface area (Å²) < 4.78 is 5.24. The van der Waals surface area contributed by atoms with Crippen LogP contribution in [-0.2, 0) is 4.79 Å². The molecule has 6 heteroatoms. The molecule has 1 aromatic rings. The average molecular weight is 357 g/mol. The van der Waals surface area contributed by atoms with E-state index in [1.807, 2.05) is 18.7 Å². The summed E-state index contributed by atoms with van der Waals surface area (Å²) in [6.07, 6.45) is 7.42. The first-order chi connectivity index (χ1) is 12.5. The van der Waals surface area contributed by atoms with Gasteiger partial charge in [-0.05, 0) is 37.0 Å². The summed E-state index contributed by atoms with van der Waals surface area (Å²) in [4.78, 5) is 29.4. The molecule has 26 heavy (non-hydrogen) atoms. The topological polar surface area (TPSA) is 66.7 Å². The first kappa shape index (κ1) is 17.3. The SMILES string of the molecule is CC(C)c1cc(C(=O)N2CCCN(C(=O)[C@@H]3C[C@@H]4C=C[C@H]3C4)CC2)on1. The van der Waals surface area contributed by atoms with Crippen LogP contribution in [-0.4, -0.2) is 52.9 Å². The van der Waals surface area contributed by atoms with Crippen LogP contribution in [0.15, 0.2) is 22.7 Å². The van der Waals surface area contributed by atoms with Gasteiger partial charge in [0.2, 0.25) is 11.7 Å². The third kappa shape index (κ3) is 3.17. The second-order valence-corrected chi connectivity index (χ2v) is 8.13. The van der Waals surface area contributed by atoms with E-state index in [1.54, 1.807) is 11.0 Å². The predicted molar refractivity (Wildman–Crippen MR) is 96.5 cm³/mol. The van der Waals surface area contributed by atoms with E-state index < -0.39 is 0 Å². The molecule has 1 saturated heterocycles. The number of fused-ring (bicyclic) bond motifs is 2. The first-order valence-electron chi connectivity index (χ1n) is 9.76. The molecule has 1 aliphatic heterocycles. The summed E-state index contributed by atoms with van der Waals surface area (Å²) >= 11 is 0. The van der Waals surface area contributed by atoms with Crippen molar-refractivity contribution in [3.8, 4) is 0 Å².